The molecule has 15 N–H and O–H groups in total. The minimum Gasteiger partial charge on any atom is -0.480 e. The van der Waals surface area contributed by atoms with E-state index in [0.29, 0.717) is 18.5 Å². The van der Waals surface area contributed by atoms with Gasteiger partial charge >= 0.3 is 5.97 Å². The molecule has 0 aliphatic carbocycles. The highest BCUT2D eigenvalue weighted by atomic mass is 32.1. The van der Waals surface area contributed by atoms with Gasteiger partial charge in [-0.3, -0.25) is 47.9 Å². The molecule has 0 aromatic carbocycles. The smallest absolute Gasteiger partial charge is 0.327 e. The van der Waals surface area contributed by atoms with E-state index in [4.69, 9.17) is 17.2 Å². The standard InChI is InChI=1S/C38H59N13O13S2/c1-18(52)30(35(60)48-24(16-66)38(63)64)49-32(57)21(6-8-27(40)53)45-29(55)14-43-33(58)25-4-2-10-50(25)37(62)23(12-19-13-42-17-44-19)47-34(59)26-5-3-11-51(26)36(61)22(7-9-28(41)54)46-31(56)20(39)15-65/h13,17-18,20-26,30,52,65-66H,2-12,14-16,39H2,1H3,(H2,40,53)(H2,41,54)(H,42,44)(H,43,58)(H,45,55)(H,46,56)(H,47,59)(H,48,60)(H,49,57)(H,63,64)/t18-,20+,21+,22+,23+,24+,25+,26+,30+/m1/s1. The molecule has 2 saturated heterocycles. The lowest BCUT2D eigenvalue weighted by Crippen LogP contribution is -2.60. The van der Waals surface area contributed by atoms with Crippen LogP contribution in [0.1, 0.15) is 64.0 Å². The van der Waals surface area contributed by atoms with Crippen molar-refractivity contribution in [3.05, 3.63) is 18.2 Å². The van der Waals surface area contributed by atoms with Crippen LogP contribution in [0.5, 0.6) is 0 Å². The Morgan fingerprint density at radius 2 is 1.32 bits per heavy atom. The third-order valence-corrected chi connectivity index (χ3v) is 11.5. The number of amides is 10. The van der Waals surface area contributed by atoms with Crippen LogP contribution < -0.4 is 49.1 Å². The summed E-state index contributed by atoms with van der Waals surface area (Å²) in [5.74, 6) is -9.95. The Morgan fingerprint density at radius 1 is 0.758 bits per heavy atom. The van der Waals surface area contributed by atoms with Gasteiger partial charge in [-0.1, -0.05) is 0 Å². The van der Waals surface area contributed by atoms with Gasteiger partial charge in [0.25, 0.3) is 0 Å². The number of imidazole rings is 1. The summed E-state index contributed by atoms with van der Waals surface area (Å²) in [7, 11) is 0. The predicted molar refractivity (Wildman–Crippen MR) is 236 cm³/mol. The lowest BCUT2D eigenvalue weighted by Gasteiger charge is -2.32. The first kappa shape index (κ1) is 54.3. The molecule has 0 unspecified atom stereocenters. The van der Waals surface area contributed by atoms with Crippen LogP contribution in [-0.4, -0.2) is 181 Å². The molecule has 2 aliphatic rings. The van der Waals surface area contributed by atoms with Gasteiger partial charge < -0.3 is 74.1 Å². The number of likely N-dealkylation sites (tertiary alicyclic amines) is 2. The first-order chi connectivity index (χ1) is 31.2. The Hall–Kier alpha value is -6.00. The van der Waals surface area contributed by atoms with Crippen LogP contribution in [0.25, 0.3) is 0 Å². The molecule has 0 saturated carbocycles. The van der Waals surface area contributed by atoms with Crippen molar-refractivity contribution in [3.63, 3.8) is 0 Å². The fourth-order valence-electron chi connectivity index (χ4n) is 7.19. The highest BCUT2D eigenvalue weighted by molar-refractivity contribution is 7.80. The first-order valence-corrected chi connectivity index (χ1v) is 22.3. The summed E-state index contributed by atoms with van der Waals surface area (Å²) in [5.41, 5.74) is 16.8. The first-order valence-electron chi connectivity index (χ1n) is 21.0. The molecule has 9 atom stereocenters. The van der Waals surface area contributed by atoms with Crippen molar-refractivity contribution in [3.8, 4) is 0 Å². The molecule has 366 valence electrons. The van der Waals surface area contributed by atoms with Crippen molar-refractivity contribution in [1.29, 1.82) is 0 Å². The number of carbonyl (C=O) groups excluding carboxylic acids is 10. The van der Waals surface area contributed by atoms with E-state index >= 15 is 0 Å². The maximum absolute atomic E-state index is 14.3. The van der Waals surface area contributed by atoms with Gasteiger partial charge in [-0.25, -0.2) is 9.78 Å². The number of hydrogen-bond donors (Lipinski definition) is 14. The third-order valence-electron chi connectivity index (χ3n) is 10.7. The topological polar surface area (TPSA) is 414 Å². The second-order valence-corrected chi connectivity index (χ2v) is 16.5. The quantitative estimate of drug-likeness (QED) is 0.0384. The molecule has 2 fully saturated rings. The Bertz CT molecular complexity index is 1940. The summed E-state index contributed by atoms with van der Waals surface area (Å²) >= 11 is 7.88. The lowest BCUT2D eigenvalue weighted by molar-refractivity contribution is -0.144. The van der Waals surface area contributed by atoms with Gasteiger partial charge in [0.2, 0.25) is 59.1 Å². The number of aliphatic hydroxyl groups excluding tert-OH is 1. The number of H-pyrrole nitrogens is 1. The Balaban J connectivity index is 1.73. The number of nitrogens with two attached hydrogens (primary N) is 3. The number of carboxylic acid groups (broad SMARTS) is 1. The molecule has 0 spiro atoms. The van der Waals surface area contributed by atoms with Gasteiger partial charge in [0, 0.05) is 55.7 Å². The summed E-state index contributed by atoms with van der Waals surface area (Å²) in [6.07, 6.45) is 1.01. The zero-order valence-electron chi connectivity index (χ0n) is 36.1. The molecule has 0 bridgehead atoms. The molecule has 26 nitrogen and oxygen atoms in total. The number of primary amides is 2. The number of aliphatic hydroxyl groups is 1. The molecule has 1 aromatic heterocycles. The van der Waals surface area contributed by atoms with Crippen molar-refractivity contribution in [2.75, 3.05) is 31.1 Å². The van der Waals surface area contributed by atoms with E-state index in [1.165, 1.54) is 22.3 Å². The molecule has 3 rings (SSSR count). The number of hydrogen-bond acceptors (Lipinski definition) is 16. The number of carboxylic acids is 1. The van der Waals surface area contributed by atoms with Crippen molar-refractivity contribution in [1.82, 2.24) is 51.7 Å². The van der Waals surface area contributed by atoms with Crippen LogP contribution in [0.15, 0.2) is 12.5 Å². The van der Waals surface area contributed by atoms with Gasteiger partial charge in [0.15, 0.2) is 0 Å². The highest BCUT2D eigenvalue weighted by Gasteiger charge is 2.42. The number of nitrogens with one attached hydrogen (secondary N) is 7. The molecule has 1 aromatic rings. The summed E-state index contributed by atoms with van der Waals surface area (Å²) in [6, 6.07) is -10.5. The monoisotopic (exact) mass is 969 g/mol. The number of aromatic nitrogens is 2. The molecule has 3 heterocycles. The Morgan fingerprint density at radius 3 is 1.83 bits per heavy atom. The predicted octanol–water partition coefficient (Wildman–Crippen LogP) is -6.34. The van der Waals surface area contributed by atoms with Gasteiger partial charge in [0.05, 0.1) is 25.0 Å². The summed E-state index contributed by atoms with van der Waals surface area (Å²) < 4.78 is 0. The third kappa shape index (κ3) is 16.2. The van der Waals surface area contributed by atoms with E-state index < -0.39 is 132 Å². The zero-order valence-corrected chi connectivity index (χ0v) is 37.9. The highest BCUT2D eigenvalue weighted by Crippen LogP contribution is 2.23. The molecular weight excluding hydrogens is 911 g/mol. The molecule has 0 radical (unpaired) electrons. The zero-order chi connectivity index (χ0) is 49.2. The molecule has 28 heteroatoms. The molecule has 10 amide bonds. The number of rotatable bonds is 26. The summed E-state index contributed by atoms with van der Waals surface area (Å²) in [5, 5.41) is 33.8. The van der Waals surface area contributed by atoms with E-state index in [2.05, 4.69) is 67.1 Å². The molecule has 66 heavy (non-hydrogen) atoms. The number of carbonyl (C=O) groups is 11. The molecule has 2 aliphatic heterocycles. The number of aromatic amines is 1. The summed E-state index contributed by atoms with van der Waals surface area (Å²) in [6.45, 7) is 0.601. The van der Waals surface area contributed by atoms with Gasteiger partial charge in [-0.2, -0.15) is 25.3 Å². The summed E-state index contributed by atoms with van der Waals surface area (Å²) in [4.78, 5) is 151. The van der Waals surface area contributed by atoms with Crippen molar-refractivity contribution in [2.45, 2.75) is 119 Å². The van der Waals surface area contributed by atoms with Crippen LogP contribution in [-0.2, 0) is 59.2 Å². The van der Waals surface area contributed by atoms with E-state index in [1.54, 1.807) is 0 Å². The van der Waals surface area contributed by atoms with Crippen molar-refractivity contribution < 1.29 is 63.0 Å². The van der Waals surface area contributed by atoms with E-state index in [1.807, 2.05) is 0 Å². The van der Waals surface area contributed by atoms with Crippen LogP contribution in [0.4, 0.5) is 0 Å². The lowest BCUT2D eigenvalue weighted by atomic mass is 10.1. The van der Waals surface area contributed by atoms with Crippen molar-refractivity contribution in [2.24, 2.45) is 17.2 Å². The fraction of sp³-hybridized carbons (Fsp3) is 0.632. The normalized spacial score (nSPS) is 18.9. The van der Waals surface area contributed by atoms with Crippen LogP contribution in [0.3, 0.4) is 0 Å². The Kier molecular flexibility index (Phi) is 21.6. The van der Waals surface area contributed by atoms with Crippen LogP contribution in [0.2, 0.25) is 0 Å². The number of thiol groups is 2. The second kappa shape index (κ2) is 26.2. The largest absolute Gasteiger partial charge is 0.480 e. The minimum absolute atomic E-state index is 0.0349. The number of aliphatic carboxylic acids is 1. The van der Waals surface area contributed by atoms with Gasteiger partial charge in [-0.15, -0.1) is 0 Å². The SMILES string of the molecule is C[C@@H](O)[C@H](NC(=O)[C@H](CCC(N)=O)NC(=O)CNC(=O)[C@@H]1CCCN1C(=O)[C@H](Cc1cnc[nH]1)NC(=O)[C@@H]1CCCN1C(=O)[C@H](CCC(N)=O)NC(=O)[C@@H](N)CS)C(=O)N[C@@H](CS)C(=O)O. The average molecular weight is 970 g/mol. The van der Waals surface area contributed by atoms with Crippen LogP contribution >= 0.6 is 25.3 Å². The fourth-order valence-corrected chi connectivity index (χ4v) is 7.60. The molecular formula is C38H59N13O13S2. The maximum Gasteiger partial charge on any atom is 0.327 e. The minimum atomic E-state index is -1.70. The van der Waals surface area contributed by atoms with Crippen LogP contribution in [0, 0.1) is 0 Å². The van der Waals surface area contributed by atoms with Crippen molar-refractivity contribution >= 4 is 90.3 Å². The van der Waals surface area contributed by atoms with E-state index in [-0.39, 0.29) is 63.1 Å². The van der Waals surface area contributed by atoms with E-state index in [9.17, 15) is 63.0 Å². The van der Waals surface area contributed by atoms with E-state index in [0.717, 1.165) is 6.92 Å². The Labute approximate surface area is 389 Å². The van der Waals surface area contributed by atoms with Gasteiger partial charge in [-0.05, 0) is 45.4 Å². The second-order valence-electron chi connectivity index (χ2n) is 15.7. The van der Waals surface area contributed by atoms with Gasteiger partial charge in [0.1, 0.15) is 42.3 Å². The average Bonchev–Trinajstić information content (AvgIpc) is 4.08. The number of nitrogens with zero attached hydrogens (tertiary/aromatic N) is 3. The maximum atomic E-state index is 14.3.